The van der Waals surface area contributed by atoms with E-state index in [1.54, 1.807) is 0 Å². The molecule has 0 aliphatic heterocycles. The van der Waals surface area contributed by atoms with Gasteiger partial charge in [0, 0.05) is 0 Å². The van der Waals surface area contributed by atoms with Crippen LogP contribution >= 0.6 is 0 Å². The van der Waals surface area contributed by atoms with E-state index in [1.807, 2.05) is 5.32 Å². The molecule has 0 aliphatic carbocycles. The first-order valence-electron chi connectivity index (χ1n) is 3.48. The first-order valence-corrected chi connectivity index (χ1v) is 3.48. The van der Waals surface area contributed by atoms with Crippen molar-refractivity contribution >= 4 is 12.1 Å². The van der Waals surface area contributed by atoms with Crippen molar-refractivity contribution < 1.29 is 24.5 Å². The molecule has 3 N–H and O–H groups in total. The molecular weight excluding hydrogens is 178 g/mol. The summed E-state index contributed by atoms with van der Waals surface area (Å²) >= 11 is 0. The number of aliphatic hydroxyl groups excluding tert-OH is 1. The van der Waals surface area contributed by atoms with Crippen molar-refractivity contribution in [2.45, 2.75) is 19.1 Å². The number of ether oxygens (including phenoxy) is 1. The minimum Gasteiger partial charge on any atom is -0.480 e. The van der Waals surface area contributed by atoms with Gasteiger partial charge >= 0.3 is 12.1 Å². The Kier molecular flexibility index (Phi) is 4.53. The lowest BCUT2D eigenvalue weighted by Crippen LogP contribution is -2.47. The first-order chi connectivity index (χ1) is 5.99. The van der Waals surface area contributed by atoms with Gasteiger partial charge in [-0.3, -0.25) is 0 Å². The first kappa shape index (κ1) is 11.4. The highest BCUT2D eigenvalue weighted by Gasteiger charge is 2.25. The molecule has 0 radical (unpaired) electrons. The van der Waals surface area contributed by atoms with Gasteiger partial charge in [-0.2, -0.15) is 0 Å². The van der Waals surface area contributed by atoms with Gasteiger partial charge in [-0.1, -0.05) is 6.58 Å². The van der Waals surface area contributed by atoms with E-state index < -0.39 is 24.2 Å². The Balaban J connectivity index is 4.18. The highest BCUT2D eigenvalue weighted by atomic mass is 16.5. The molecule has 0 aliphatic rings. The smallest absolute Gasteiger partial charge is 0.412 e. The molecule has 0 fully saturated rings. The van der Waals surface area contributed by atoms with Gasteiger partial charge in [0.2, 0.25) is 0 Å². The zero-order chi connectivity index (χ0) is 10.4. The van der Waals surface area contributed by atoms with Crippen LogP contribution in [0.4, 0.5) is 4.79 Å². The zero-order valence-electron chi connectivity index (χ0n) is 7.06. The molecule has 0 aromatic heterocycles. The van der Waals surface area contributed by atoms with E-state index in [4.69, 9.17) is 10.2 Å². The van der Waals surface area contributed by atoms with E-state index in [1.165, 1.54) is 6.92 Å². The summed E-state index contributed by atoms with van der Waals surface area (Å²) in [5, 5.41) is 19.4. The van der Waals surface area contributed by atoms with Crippen LogP contribution in [0.2, 0.25) is 0 Å². The Morgan fingerprint density at radius 3 is 2.46 bits per heavy atom. The summed E-state index contributed by atoms with van der Waals surface area (Å²) in [6.07, 6.45) is -1.31. The molecule has 74 valence electrons. The summed E-state index contributed by atoms with van der Waals surface area (Å²) in [7, 11) is 0. The molecule has 0 heterocycles. The lowest BCUT2D eigenvalue weighted by Gasteiger charge is -2.15. The summed E-state index contributed by atoms with van der Waals surface area (Å²) in [5.74, 6) is -1.34. The van der Waals surface area contributed by atoms with E-state index in [-0.39, 0.29) is 0 Å². The van der Waals surface area contributed by atoms with E-state index in [2.05, 4.69) is 11.3 Å². The topological polar surface area (TPSA) is 95.9 Å². The minimum atomic E-state index is -1.38. The van der Waals surface area contributed by atoms with Gasteiger partial charge in [0.15, 0.2) is 6.04 Å². The van der Waals surface area contributed by atoms with Crippen molar-refractivity contribution in [2.24, 2.45) is 0 Å². The molecule has 0 aromatic carbocycles. The number of carbonyl (C=O) groups is 2. The molecule has 0 saturated heterocycles. The maximum Gasteiger partial charge on any atom is 0.412 e. The molecule has 2 atom stereocenters. The SMILES string of the molecule is C=COC(=O)NC(C(=O)O)C(C)O. The van der Waals surface area contributed by atoms with Gasteiger partial charge in [-0.25, -0.2) is 9.59 Å². The van der Waals surface area contributed by atoms with Crippen LogP contribution in [0.5, 0.6) is 0 Å². The molecular formula is C7H11NO5. The summed E-state index contributed by atoms with van der Waals surface area (Å²) in [6.45, 7) is 4.35. The Morgan fingerprint density at radius 1 is 1.62 bits per heavy atom. The third kappa shape index (κ3) is 4.12. The van der Waals surface area contributed by atoms with Crippen LogP contribution < -0.4 is 5.32 Å². The second-order valence-electron chi connectivity index (χ2n) is 2.27. The summed E-state index contributed by atoms with van der Waals surface area (Å²) in [5.41, 5.74) is 0. The Hall–Kier alpha value is -1.56. The number of aliphatic hydroxyl groups is 1. The van der Waals surface area contributed by atoms with E-state index in [0.29, 0.717) is 0 Å². The van der Waals surface area contributed by atoms with Crippen LogP contribution in [0.25, 0.3) is 0 Å². The standard InChI is InChI=1S/C7H11NO5/c1-3-13-7(12)8-5(4(2)9)6(10)11/h3-5,9H,1H2,2H3,(H,8,12)(H,10,11). The monoisotopic (exact) mass is 189 g/mol. The predicted molar refractivity (Wildman–Crippen MR) is 42.9 cm³/mol. The van der Waals surface area contributed by atoms with Crippen molar-refractivity contribution in [3.8, 4) is 0 Å². The predicted octanol–water partition coefficient (Wildman–Crippen LogP) is -0.310. The van der Waals surface area contributed by atoms with Crippen LogP contribution in [0.15, 0.2) is 12.8 Å². The molecule has 1 amide bonds. The fraction of sp³-hybridized carbons (Fsp3) is 0.429. The van der Waals surface area contributed by atoms with Crippen LogP contribution in [0, 0.1) is 0 Å². The number of carboxylic acid groups (broad SMARTS) is 1. The molecule has 0 saturated carbocycles. The number of carboxylic acids is 1. The highest BCUT2D eigenvalue weighted by Crippen LogP contribution is 1.93. The lowest BCUT2D eigenvalue weighted by molar-refractivity contribution is -0.141. The van der Waals surface area contributed by atoms with Gasteiger partial charge in [0.1, 0.15) is 0 Å². The highest BCUT2D eigenvalue weighted by molar-refractivity contribution is 5.80. The van der Waals surface area contributed by atoms with Crippen molar-refractivity contribution in [3.05, 3.63) is 12.8 Å². The Morgan fingerprint density at radius 2 is 2.15 bits per heavy atom. The minimum absolute atomic E-state index is 0.857. The third-order valence-electron chi connectivity index (χ3n) is 1.21. The summed E-state index contributed by atoms with van der Waals surface area (Å²) in [6, 6.07) is -1.38. The number of rotatable bonds is 4. The molecule has 0 spiro atoms. The number of hydrogen-bond donors (Lipinski definition) is 3. The fourth-order valence-corrected chi connectivity index (χ4v) is 0.625. The van der Waals surface area contributed by atoms with Crippen LogP contribution in [0.3, 0.4) is 0 Å². The second-order valence-corrected chi connectivity index (χ2v) is 2.27. The van der Waals surface area contributed by atoms with Crippen molar-refractivity contribution in [1.29, 1.82) is 0 Å². The molecule has 13 heavy (non-hydrogen) atoms. The number of nitrogens with one attached hydrogen (secondary N) is 1. The third-order valence-corrected chi connectivity index (χ3v) is 1.21. The van der Waals surface area contributed by atoms with Gasteiger partial charge in [-0.15, -0.1) is 0 Å². The van der Waals surface area contributed by atoms with Crippen molar-refractivity contribution in [1.82, 2.24) is 5.32 Å². The van der Waals surface area contributed by atoms with Crippen LogP contribution in [-0.2, 0) is 9.53 Å². The van der Waals surface area contributed by atoms with Crippen LogP contribution in [-0.4, -0.2) is 34.4 Å². The number of hydrogen-bond acceptors (Lipinski definition) is 4. The van der Waals surface area contributed by atoms with Gasteiger partial charge in [-0.05, 0) is 6.92 Å². The fourth-order valence-electron chi connectivity index (χ4n) is 0.625. The van der Waals surface area contributed by atoms with Gasteiger partial charge in [0.25, 0.3) is 0 Å². The summed E-state index contributed by atoms with van der Waals surface area (Å²) < 4.78 is 4.21. The van der Waals surface area contributed by atoms with E-state index in [9.17, 15) is 9.59 Å². The van der Waals surface area contributed by atoms with E-state index in [0.717, 1.165) is 6.26 Å². The number of alkyl carbamates (subject to hydrolysis) is 1. The van der Waals surface area contributed by atoms with Gasteiger partial charge in [0.05, 0.1) is 12.4 Å². The lowest BCUT2D eigenvalue weighted by atomic mass is 10.2. The Bertz CT molecular complexity index is 213. The molecule has 6 heteroatoms. The Labute approximate surface area is 74.8 Å². The number of amides is 1. The maximum atomic E-state index is 10.7. The molecule has 2 unspecified atom stereocenters. The molecule has 0 rings (SSSR count). The largest absolute Gasteiger partial charge is 0.480 e. The van der Waals surface area contributed by atoms with Crippen LogP contribution in [0.1, 0.15) is 6.92 Å². The van der Waals surface area contributed by atoms with E-state index >= 15 is 0 Å². The average molecular weight is 189 g/mol. The normalized spacial score (nSPS) is 14.0. The zero-order valence-corrected chi connectivity index (χ0v) is 7.06. The molecule has 0 bridgehead atoms. The maximum absolute atomic E-state index is 10.7. The number of aliphatic carboxylic acids is 1. The number of carbonyl (C=O) groups excluding carboxylic acids is 1. The van der Waals surface area contributed by atoms with Crippen molar-refractivity contribution in [2.75, 3.05) is 0 Å². The summed E-state index contributed by atoms with van der Waals surface area (Å²) in [4.78, 5) is 21.1. The average Bonchev–Trinajstić information content (AvgIpc) is 1.99. The quantitative estimate of drug-likeness (QED) is 0.527. The molecule has 6 nitrogen and oxygen atoms in total. The van der Waals surface area contributed by atoms with Gasteiger partial charge < -0.3 is 20.3 Å². The second kappa shape index (κ2) is 5.15. The van der Waals surface area contributed by atoms with Crippen molar-refractivity contribution in [3.63, 3.8) is 0 Å². The molecule has 0 aromatic rings.